The van der Waals surface area contributed by atoms with E-state index >= 15 is 0 Å². The van der Waals surface area contributed by atoms with Crippen molar-refractivity contribution in [3.05, 3.63) is 0 Å². The lowest BCUT2D eigenvalue weighted by atomic mass is 10.1. The van der Waals surface area contributed by atoms with Crippen molar-refractivity contribution in [1.29, 1.82) is 0 Å². The highest BCUT2D eigenvalue weighted by Gasteiger charge is 2.36. The summed E-state index contributed by atoms with van der Waals surface area (Å²) in [6.45, 7) is 6.49. The second kappa shape index (κ2) is 5.99. The summed E-state index contributed by atoms with van der Waals surface area (Å²) in [5.41, 5.74) is 0. The van der Waals surface area contributed by atoms with Crippen molar-refractivity contribution in [2.24, 2.45) is 0 Å². The molecular formula is C13H24N4OS. The summed E-state index contributed by atoms with van der Waals surface area (Å²) in [7, 11) is 2.18. The van der Waals surface area contributed by atoms with Crippen molar-refractivity contribution >= 4 is 17.7 Å². The number of rotatable bonds is 2. The largest absolute Gasteiger partial charge is 0.331 e. The Morgan fingerprint density at radius 3 is 2.68 bits per heavy atom. The Bertz CT molecular complexity index is 327. The third kappa shape index (κ3) is 3.07. The number of hydrogen-bond donors (Lipinski definition) is 1. The highest BCUT2D eigenvalue weighted by molar-refractivity contribution is 7.99. The van der Waals surface area contributed by atoms with Crippen LogP contribution in [0.1, 0.15) is 6.42 Å². The van der Waals surface area contributed by atoms with Gasteiger partial charge in [0.25, 0.3) is 0 Å². The lowest BCUT2D eigenvalue weighted by Gasteiger charge is -2.36. The van der Waals surface area contributed by atoms with Crippen LogP contribution in [0.2, 0.25) is 0 Å². The molecule has 0 aromatic carbocycles. The van der Waals surface area contributed by atoms with Crippen LogP contribution in [0.5, 0.6) is 0 Å². The SMILES string of the molecule is CN1CCN([C@@H]2CN[C@H](C(=O)N3CCSC3)C2)CC1. The molecule has 3 saturated heterocycles. The van der Waals surface area contributed by atoms with Gasteiger partial charge in [0.1, 0.15) is 0 Å². The van der Waals surface area contributed by atoms with Crippen LogP contribution in [0.15, 0.2) is 0 Å². The fourth-order valence-corrected chi connectivity index (χ4v) is 4.13. The molecule has 5 nitrogen and oxygen atoms in total. The van der Waals surface area contributed by atoms with E-state index in [1.54, 1.807) is 0 Å². The number of thioether (sulfide) groups is 1. The second-order valence-electron chi connectivity index (χ2n) is 5.83. The van der Waals surface area contributed by atoms with Gasteiger partial charge < -0.3 is 15.1 Å². The molecule has 6 heteroatoms. The highest BCUT2D eigenvalue weighted by atomic mass is 32.2. The predicted octanol–water partition coefficient (Wildman–Crippen LogP) is -0.503. The van der Waals surface area contributed by atoms with Crippen molar-refractivity contribution in [2.75, 3.05) is 57.9 Å². The highest BCUT2D eigenvalue weighted by Crippen LogP contribution is 2.20. The van der Waals surface area contributed by atoms with Gasteiger partial charge in [-0.2, -0.15) is 0 Å². The standard InChI is InChI=1S/C13H24N4OS/c1-15-2-4-16(5-3-15)11-8-12(14-9-11)13(18)17-6-7-19-10-17/h11-12,14H,2-10H2,1H3/t11-,12-/m0/s1. The van der Waals surface area contributed by atoms with E-state index < -0.39 is 0 Å². The number of nitrogens with one attached hydrogen (secondary N) is 1. The van der Waals surface area contributed by atoms with Crippen molar-refractivity contribution in [3.8, 4) is 0 Å². The molecule has 3 aliphatic rings. The van der Waals surface area contributed by atoms with Crippen LogP contribution in [0.4, 0.5) is 0 Å². The summed E-state index contributed by atoms with van der Waals surface area (Å²) >= 11 is 1.86. The first-order valence-electron chi connectivity index (χ1n) is 7.26. The smallest absolute Gasteiger partial charge is 0.240 e. The quantitative estimate of drug-likeness (QED) is 0.740. The Morgan fingerprint density at radius 2 is 2.00 bits per heavy atom. The van der Waals surface area contributed by atoms with Gasteiger partial charge in [0.15, 0.2) is 0 Å². The summed E-state index contributed by atoms with van der Waals surface area (Å²) in [6, 6.07) is 0.612. The number of amides is 1. The zero-order valence-electron chi connectivity index (χ0n) is 11.7. The number of carbonyl (C=O) groups excluding carboxylic acids is 1. The van der Waals surface area contributed by atoms with Gasteiger partial charge in [0, 0.05) is 51.1 Å². The molecule has 0 radical (unpaired) electrons. The molecule has 3 heterocycles. The summed E-state index contributed by atoms with van der Waals surface area (Å²) in [5, 5.41) is 3.44. The van der Waals surface area contributed by atoms with Gasteiger partial charge in [-0.05, 0) is 13.5 Å². The number of likely N-dealkylation sites (N-methyl/N-ethyl adjacent to an activating group) is 1. The van der Waals surface area contributed by atoms with Crippen molar-refractivity contribution < 1.29 is 4.79 Å². The van der Waals surface area contributed by atoms with Crippen LogP contribution < -0.4 is 5.32 Å². The predicted molar refractivity (Wildman–Crippen MR) is 78.3 cm³/mol. The maximum absolute atomic E-state index is 12.4. The number of piperazine rings is 1. The van der Waals surface area contributed by atoms with Crippen LogP contribution in [-0.2, 0) is 4.79 Å². The van der Waals surface area contributed by atoms with Gasteiger partial charge in [-0.1, -0.05) is 0 Å². The van der Waals surface area contributed by atoms with Crippen molar-refractivity contribution in [1.82, 2.24) is 20.0 Å². The van der Waals surface area contributed by atoms with Crippen LogP contribution in [0.25, 0.3) is 0 Å². The Kier molecular flexibility index (Phi) is 4.31. The third-order valence-electron chi connectivity index (χ3n) is 4.52. The molecule has 0 spiro atoms. The molecule has 2 atom stereocenters. The molecule has 108 valence electrons. The van der Waals surface area contributed by atoms with Crippen LogP contribution in [0, 0.1) is 0 Å². The molecule has 0 bridgehead atoms. The maximum Gasteiger partial charge on any atom is 0.240 e. The molecule has 0 saturated carbocycles. The van der Waals surface area contributed by atoms with Crippen molar-refractivity contribution in [2.45, 2.75) is 18.5 Å². The van der Waals surface area contributed by atoms with Gasteiger partial charge in [0.05, 0.1) is 11.9 Å². The first-order chi connectivity index (χ1) is 9.24. The molecular weight excluding hydrogens is 260 g/mol. The van der Waals surface area contributed by atoms with E-state index in [-0.39, 0.29) is 6.04 Å². The average molecular weight is 284 g/mol. The van der Waals surface area contributed by atoms with E-state index in [0.717, 1.165) is 57.3 Å². The second-order valence-corrected chi connectivity index (χ2v) is 6.90. The lowest BCUT2D eigenvalue weighted by Crippen LogP contribution is -2.49. The topological polar surface area (TPSA) is 38.8 Å². The minimum Gasteiger partial charge on any atom is -0.331 e. The molecule has 3 rings (SSSR count). The van der Waals surface area contributed by atoms with Gasteiger partial charge >= 0.3 is 0 Å². The molecule has 3 fully saturated rings. The fraction of sp³-hybridized carbons (Fsp3) is 0.923. The number of carbonyl (C=O) groups is 1. The normalized spacial score (nSPS) is 34.1. The van der Waals surface area contributed by atoms with E-state index in [4.69, 9.17) is 0 Å². The summed E-state index contributed by atoms with van der Waals surface area (Å²) < 4.78 is 0. The van der Waals surface area contributed by atoms with Gasteiger partial charge in [0.2, 0.25) is 5.91 Å². The van der Waals surface area contributed by atoms with Crippen LogP contribution >= 0.6 is 11.8 Å². The maximum atomic E-state index is 12.4. The molecule has 1 N–H and O–H groups in total. The molecule has 0 aromatic rings. The van der Waals surface area contributed by atoms with E-state index in [0.29, 0.717) is 11.9 Å². The number of nitrogens with zero attached hydrogens (tertiary/aromatic N) is 3. The Labute approximate surface area is 119 Å². The van der Waals surface area contributed by atoms with Crippen LogP contribution in [-0.4, -0.2) is 90.6 Å². The van der Waals surface area contributed by atoms with E-state index in [1.807, 2.05) is 16.7 Å². The fourth-order valence-electron chi connectivity index (χ4n) is 3.18. The third-order valence-corrected chi connectivity index (χ3v) is 5.49. The van der Waals surface area contributed by atoms with Gasteiger partial charge in [-0.3, -0.25) is 9.69 Å². The van der Waals surface area contributed by atoms with Gasteiger partial charge in [-0.25, -0.2) is 0 Å². The van der Waals surface area contributed by atoms with E-state index in [9.17, 15) is 4.79 Å². The monoisotopic (exact) mass is 284 g/mol. The molecule has 0 aliphatic carbocycles. The van der Waals surface area contributed by atoms with Crippen molar-refractivity contribution in [3.63, 3.8) is 0 Å². The minimum atomic E-state index is 0.0587. The average Bonchev–Trinajstić information content (AvgIpc) is 3.10. The Balaban J connectivity index is 1.50. The summed E-state index contributed by atoms with van der Waals surface area (Å²) in [4.78, 5) is 19.3. The number of hydrogen-bond acceptors (Lipinski definition) is 5. The minimum absolute atomic E-state index is 0.0587. The lowest BCUT2D eigenvalue weighted by molar-refractivity contribution is -0.131. The Morgan fingerprint density at radius 1 is 1.21 bits per heavy atom. The molecule has 0 unspecified atom stereocenters. The molecule has 19 heavy (non-hydrogen) atoms. The zero-order chi connectivity index (χ0) is 13.2. The molecule has 0 aromatic heterocycles. The summed E-state index contributed by atoms with van der Waals surface area (Å²) in [5.74, 6) is 2.30. The van der Waals surface area contributed by atoms with Gasteiger partial charge in [-0.15, -0.1) is 11.8 Å². The Hall–Kier alpha value is -0.300. The summed E-state index contributed by atoms with van der Waals surface area (Å²) in [6.07, 6.45) is 0.990. The van der Waals surface area contributed by atoms with Crippen LogP contribution in [0.3, 0.4) is 0 Å². The van der Waals surface area contributed by atoms with E-state index in [2.05, 4.69) is 22.2 Å². The van der Waals surface area contributed by atoms with E-state index in [1.165, 1.54) is 0 Å². The molecule has 3 aliphatic heterocycles. The molecule has 1 amide bonds. The first kappa shape index (κ1) is 13.7. The zero-order valence-corrected chi connectivity index (χ0v) is 12.5. The first-order valence-corrected chi connectivity index (χ1v) is 8.42.